The van der Waals surface area contributed by atoms with Gasteiger partial charge in [0.05, 0.1) is 6.07 Å². The molecule has 0 aliphatic carbocycles. The maximum atomic E-state index is 8.47. The smallest absolute Gasteiger partial charge is 0.266 e. The number of aromatic nitrogens is 2. The van der Waals surface area contributed by atoms with Crippen LogP contribution in [0, 0.1) is 11.3 Å². The summed E-state index contributed by atoms with van der Waals surface area (Å²) in [7, 11) is 0. The lowest BCUT2D eigenvalue weighted by Crippen LogP contribution is -2.24. The van der Waals surface area contributed by atoms with Crippen LogP contribution in [0.1, 0.15) is 38.0 Å². The van der Waals surface area contributed by atoms with Crippen LogP contribution in [0.15, 0.2) is 4.52 Å². The van der Waals surface area contributed by atoms with Gasteiger partial charge in [-0.3, -0.25) is 0 Å². The molecule has 0 amide bonds. The first-order valence-corrected chi connectivity index (χ1v) is 5.84. The number of rotatable bonds is 3. The molecule has 1 aromatic rings. The zero-order valence-electron chi connectivity index (χ0n) is 9.35. The highest BCUT2D eigenvalue weighted by atomic mass is 16.5. The zero-order valence-corrected chi connectivity index (χ0v) is 9.35. The van der Waals surface area contributed by atoms with Gasteiger partial charge in [-0.1, -0.05) is 12.8 Å². The predicted molar refractivity (Wildman–Crippen MR) is 58.9 cm³/mol. The highest BCUT2D eigenvalue weighted by Crippen LogP contribution is 2.16. The Morgan fingerprint density at radius 2 is 2.00 bits per heavy atom. The molecule has 16 heavy (non-hydrogen) atoms. The van der Waals surface area contributed by atoms with Gasteiger partial charge in [0, 0.05) is 25.9 Å². The van der Waals surface area contributed by atoms with Crippen molar-refractivity contribution >= 4 is 5.95 Å². The van der Waals surface area contributed by atoms with Crippen LogP contribution in [0.5, 0.6) is 0 Å². The van der Waals surface area contributed by atoms with Crippen molar-refractivity contribution < 1.29 is 4.52 Å². The van der Waals surface area contributed by atoms with Gasteiger partial charge in [0.15, 0.2) is 0 Å². The largest absolute Gasteiger partial charge is 0.338 e. The molecule has 2 rings (SSSR count). The third-order valence-electron chi connectivity index (χ3n) is 2.80. The van der Waals surface area contributed by atoms with Gasteiger partial charge in [-0.15, -0.1) is 0 Å². The van der Waals surface area contributed by atoms with Gasteiger partial charge in [-0.25, -0.2) is 0 Å². The van der Waals surface area contributed by atoms with E-state index >= 15 is 0 Å². The van der Waals surface area contributed by atoms with Crippen LogP contribution < -0.4 is 4.90 Å². The summed E-state index contributed by atoms with van der Waals surface area (Å²) in [6.07, 6.45) is 5.95. The number of anilines is 1. The van der Waals surface area contributed by atoms with Crippen LogP contribution in [-0.4, -0.2) is 23.2 Å². The van der Waals surface area contributed by atoms with E-state index in [1.54, 1.807) is 0 Å². The van der Waals surface area contributed by atoms with Crippen LogP contribution in [-0.2, 0) is 6.42 Å². The quantitative estimate of drug-likeness (QED) is 0.778. The summed E-state index contributed by atoms with van der Waals surface area (Å²) in [5.41, 5.74) is 0. The molecule has 1 fully saturated rings. The van der Waals surface area contributed by atoms with Crippen molar-refractivity contribution in [3.8, 4) is 6.07 Å². The van der Waals surface area contributed by atoms with E-state index in [1.807, 2.05) is 0 Å². The normalized spacial score (nSPS) is 16.8. The summed E-state index contributed by atoms with van der Waals surface area (Å²) in [6, 6.07) is 2.07. The average molecular weight is 220 g/mol. The van der Waals surface area contributed by atoms with Gasteiger partial charge in [0.2, 0.25) is 5.89 Å². The van der Waals surface area contributed by atoms with E-state index in [9.17, 15) is 0 Å². The number of hydrogen-bond donors (Lipinski definition) is 0. The molecule has 0 unspecified atom stereocenters. The average Bonchev–Trinajstić information content (AvgIpc) is 2.60. The van der Waals surface area contributed by atoms with E-state index in [-0.39, 0.29) is 0 Å². The first-order chi connectivity index (χ1) is 7.90. The Labute approximate surface area is 95.0 Å². The van der Waals surface area contributed by atoms with Gasteiger partial charge in [0.25, 0.3) is 5.95 Å². The van der Waals surface area contributed by atoms with Gasteiger partial charge >= 0.3 is 0 Å². The number of hydrogen-bond acceptors (Lipinski definition) is 5. The van der Waals surface area contributed by atoms with E-state index in [2.05, 4.69) is 21.1 Å². The molecule has 1 aromatic heterocycles. The SMILES string of the molecule is N#CCCc1nc(N2CCCCCC2)no1. The van der Waals surface area contributed by atoms with Crippen molar-refractivity contribution in [1.29, 1.82) is 5.26 Å². The molecule has 0 radical (unpaired) electrons. The molecular formula is C11H16N4O. The Kier molecular flexibility index (Phi) is 3.76. The van der Waals surface area contributed by atoms with Crippen LogP contribution in [0.25, 0.3) is 0 Å². The molecule has 0 atom stereocenters. The lowest BCUT2D eigenvalue weighted by atomic mass is 10.2. The fourth-order valence-corrected chi connectivity index (χ4v) is 1.91. The van der Waals surface area contributed by atoms with E-state index in [4.69, 9.17) is 9.78 Å². The van der Waals surface area contributed by atoms with Crippen LogP contribution in [0.3, 0.4) is 0 Å². The van der Waals surface area contributed by atoms with E-state index in [0.29, 0.717) is 24.7 Å². The summed E-state index contributed by atoms with van der Waals surface area (Å²) >= 11 is 0. The minimum Gasteiger partial charge on any atom is -0.338 e. The number of nitrogens with zero attached hydrogens (tertiary/aromatic N) is 4. The lowest BCUT2D eigenvalue weighted by molar-refractivity contribution is 0.378. The monoisotopic (exact) mass is 220 g/mol. The Morgan fingerprint density at radius 1 is 1.25 bits per heavy atom. The van der Waals surface area contributed by atoms with Gasteiger partial charge in [-0.2, -0.15) is 10.2 Å². The molecule has 5 nitrogen and oxygen atoms in total. The molecule has 1 aliphatic rings. The van der Waals surface area contributed by atoms with Crippen molar-refractivity contribution in [1.82, 2.24) is 10.1 Å². The zero-order chi connectivity index (χ0) is 11.2. The third-order valence-corrected chi connectivity index (χ3v) is 2.80. The first-order valence-electron chi connectivity index (χ1n) is 5.84. The molecule has 5 heteroatoms. The lowest BCUT2D eigenvalue weighted by Gasteiger charge is -2.16. The molecule has 2 heterocycles. The molecule has 0 aromatic carbocycles. The minimum absolute atomic E-state index is 0.432. The summed E-state index contributed by atoms with van der Waals surface area (Å²) in [6.45, 7) is 2.02. The molecule has 1 saturated heterocycles. The molecule has 1 aliphatic heterocycles. The van der Waals surface area contributed by atoms with E-state index in [1.165, 1.54) is 25.7 Å². The van der Waals surface area contributed by atoms with E-state index < -0.39 is 0 Å². The van der Waals surface area contributed by atoms with Gasteiger partial charge in [0.1, 0.15) is 0 Å². The highest BCUT2D eigenvalue weighted by Gasteiger charge is 2.15. The number of aryl methyl sites for hydroxylation is 1. The summed E-state index contributed by atoms with van der Waals surface area (Å²) in [5, 5.41) is 12.4. The van der Waals surface area contributed by atoms with E-state index in [0.717, 1.165) is 13.1 Å². The highest BCUT2D eigenvalue weighted by molar-refractivity contribution is 5.27. The van der Waals surface area contributed by atoms with Crippen molar-refractivity contribution in [3.63, 3.8) is 0 Å². The van der Waals surface area contributed by atoms with Gasteiger partial charge < -0.3 is 9.42 Å². The fourth-order valence-electron chi connectivity index (χ4n) is 1.91. The Morgan fingerprint density at radius 3 is 2.69 bits per heavy atom. The molecule has 0 bridgehead atoms. The fraction of sp³-hybridized carbons (Fsp3) is 0.727. The molecule has 0 spiro atoms. The second kappa shape index (κ2) is 5.50. The Hall–Kier alpha value is -1.57. The first kappa shape index (κ1) is 10.9. The van der Waals surface area contributed by atoms with Crippen LogP contribution in [0.4, 0.5) is 5.95 Å². The van der Waals surface area contributed by atoms with Crippen molar-refractivity contribution in [2.24, 2.45) is 0 Å². The molecule has 0 N–H and O–H groups in total. The van der Waals surface area contributed by atoms with Gasteiger partial charge in [-0.05, 0) is 18.0 Å². The molecular weight excluding hydrogens is 204 g/mol. The van der Waals surface area contributed by atoms with Crippen LogP contribution in [0.2, 0.25) is 0 Å². The van der Waals surface area contributed by atoms with Crippen molar-refractivity contribution in [2.45, 2.75) is 38.5 Å². The third kappa shape index (κ3) is 2.72. The summed E-state index contributed by atoms with van der Waals surface area (Å²) < 4.78 is 5.11. The van der Waals surface area contributed by atoms with Crippen LogP contribution >= 0.6 is 0 Å². The summed E-state index contributed by atoms with van der Waals surface area (Å²) in [4.78, 5) is 6.48. The van der Waals surface area contributed by atoms with Crippen molar-refractivity contribution in [2.75, 3.05) is 18.0 Å². The maximum absolute atomic E-state index is 8.47. The Balaban J connectivity index is 1.97. The topological polar surface area (TPSA) is 66.0 Å². The second-order valence-electron chi connectivity index (χ2n) is 4.05. The standard InChI is InChI=1S/C11H16N4O/c12-7-5-6-10-13-11(14-16-10)15-8-3-1-2-4-9-15/h1-6,8-9H2. The maximum Gasteiger partial charge on any atom is 0.266 e. The Bertz CT molecular complexity index is 360. The predicted octanol–water partition coefficient (Wildman–Crippen LogP) is 1.91. The van der Waals surface area contributed by atoms with Crippen molar-refractivity contribution in [3.05, 3.63) is 5.89 Å². The number of nitriles is 1. The summed E-state index contributed by atoms with van der Waals surface area (Å²) in [5.74, 6) is 1.26. The second-order valence-corrected chi connectivity index (χ2v) is 4.05. The molecule has 0 saturated carbocycles. The molecule has 86 valence electrons. The minimum atomic E-state index is 0.432.